The van der Waals surface area contributed by atoms with Crippen LogP contribution < -0.4 is 5.32 Å². The molecule has 5 heteroatoms. The van der Waals surface area contributed by atoms with Gasteiger partial charge in [-0.25, -0.2) is 0 Å². The lowest BCUT2D eigenvalue weighted by Gasteiger charge is -2.29. The van der Waals surface area contributed by atoms with Crippen molar-refractivity contribution in [1.82, 2.24) is 5.32 Å². The van der Waals surface area contributed by atoms with Crippen molar-refractivity contribution in [3.05, 3.63) is 0 Å². The van der Waals surface area contributed by atoms with Crippen molar-refractivity contribution in [3.63, 3.8) is 0 Å². The van der Waals surface area contributed by atoms with Gasteiger partial charge < -0.3 is 25.0 Å². The molecule has 3 N–H and O–H groups in total. The fourth-order valence-electron chi connectivity index (χ4n) is 2.56. The zero-order valence-corrected chi connectivity index (χ0v) is 12.7. The van der Waals surface area contributed by atoms with Crippen LogP contribution in [0.4, 0.5) is 0 Å². The van der Waals surface area contributed by atoms with E-state index in [1.54, 1.807) is 0 Å². The topological polar surface area (TPSA) is 71.0 Å². The van der Waals surface area contributed by atoms with E-state index in [4.69, 9.17) is 14.6 Å². The molecule has 120 valence electrons. The summed E-state index contributed by atoms with van der Waals surface area (Å²) in [6.45, 7) is 5.13. The predicted octanol–water partition coefficient (Wildman–Crippen LogP) is 0.931. The van der Waals surface area contributed by atoms with E-state index in [0.717, 1.165) is 19.4 Å². The summed E-state index contributed by atoms with van der Waals surface area (Å²) in [5, 5.41) is 21.6. The largest absolute Gasteiger partial charge is 0.394 e. The molecule has 1 saturated carbocycles. The van der Waals surface area contributed by atoms with E-state index in [-0.39, 0.29) is 6.61 Å². The Bertz CT molecular complexity index is 228. The summed E-state index contributed by atoms with van der Waals surface area (Å²) >= 11 is 0. The Morgan fingerprint density at radius 2 is 2.05 bits per heavy atom. The van der Waals surface area contributed by atoms with Gasteiger partial charge in [-0.3, -0.25) is 0 Å². The Labute approximate surface area is 122 Å². The van der Waals surface area contributed by atoms with Crippen molar-refractivity contribution in [2.75, 3.05) is 39.5 Å². The molecule has 3 unspecified atom stereocenters. The molecule has 1 aliphatic rings. The van der Waals surface area contributed by atoms with Crippen molar-refractivity contribution >= 4 is 0 Å². The summed E-state index contributed by atoms with van der Waals surface area (Å²) in [4.78, 5) is 0. The number of rotatable bonds is 11. The monoisotopic (exact) mass is 289 g/mol. The normalized spacial score (nSPS) is 24.8. The standard InChI is InChI=1S/C15H31NO4/c1-13-5-2-3-6-15(13)20-12-14(18)11-16-7-4-9-19-10-8-17/h13-18H,2-12H2,1H3. The molecule has 0 heterocycles. The molecule has 0 aromatic rings. The van der Waals surface area contributed by atoms with Gasteiger partial charge in [0.05, 0.1) is 32.0 Å². The quantitative estimate of drug-likeness (QED) is 0.494. The molecule has 0 aromatic heterocycles. The zero-order valence-electron chi connectivity index (χ0n) is 12.7. The second-order valence-electron chi connectivity index (χ2n) is 5.68. The minimum Gasteiger partial charge on any atom is -0.394 e. The number of ether oxygens (including phenoxy) is 2. The first-order valence-electron chi connectivity index (χ1n) is 7.93. The first-order chi connectivity index (χ1) is 9.74. The van der Waals surface area contributed by atoms with E-state index in [0.29, 0.717) is 38.4 Å². The van der Waals surface area contributed by atoms with Crippen LogP contribution in [0.2, 0.25) is 0 Å². The van der Waals surface area contributed by atoms with Gasteiger partial charge in [0.2, 0.25) is 0 Å². The predicted molar refractivity (Wildman–Crippen MR) is 78.8 cm³/mol. The molecule has 0 aliphatic heterocycles. The maximum atomic E-state index is 9.86. The van der Waals surface area contributed by atoms with Gasteiger partial charge in [-0.15, -0.1) is 0 Å². The first-order valence-corrected chi connectivity index (χ1v) is 7.93. The molecule has 0 saturated heterocycles. The highest BCUT2D eigenvalue weighted by atomic mass is 16.5. The molecular weight excluding hydrogens is 258 g/mol. The molecular formula is C15H31NO4. The van der Waals surface area contributed by atoms with E-state index >= 15 is 0 Å². The summed E-state index contributed by atoms with van der Waals surface area (Å²) in [5.74, 6) is 0.618. The molecule has 5 nitrogen and oxygen atoms in total. The summed E-state index contributed by atoms with van der Waals surface area (Å²) in [6, 6.07) is 0. The van der Waals surface area contributed by atoms with Gasteiger partial charge in [-0.1, -0.05) is 19.8 Å². The Kier molecular flexibility index (Phi) is 10.2. The fourth-order valence-corrected chi connectivity index (χ4v) is 2.56. The third-order valence-electron chi connectivity index (χ3n) is 3.79. The van der Waals surface area contributed by atoms with Gasteiger partial charge in [0, 0.05) is 13.2 Å². The van der Waals surface area contributed by atoms with Crippen molar-refractivity contribution in [2.45, 2.75) is 51.2 Å². The molecule has 1 rings (SSSR count). The van der Waals surface area contributed by atoms with Crippen LogP contribution in [0.15, 0.2) is 0 Å². The van der Waals surface area contributed by atoms with Crippen molar-refractivity contribution in [1.29, 1.82) is 0 Å². The van der Waals surface area contributed by atoms with Crippen LogP contribution in [0.1, 0.15) is 39.0 Å². The van der Waals surface area contributed by atoms with E-state index in [2.05, 4.69) is 12.2 Å². The average Bonchev–Trinajstić information content (AvgIpc) is 2.45. The average molecular weight is 289 g/mol. The Morgan fingerprint density at radius 3 is 2.80 bits per heavy atom. The highest BCUT2D eigenvalue weighted by molar-refractivity contribution is 4.73. The SMILES string of the molecule is CC1CCCCC1OCC(O)CNCCCOCCO. The minimum absolute atomic E-state index is 0.0725. The van der Waals surface area contributed by atoms with Gasteiger partial charge in [-0.05, 0) is 31.7 Å². The van der Waals surface area contributed by atoms with Crippen LogP contribution in [0.25, 0.3) is 0 Å². The van der Waals surface area contributed by atoms with E-state index in [9.17, 15) is 5.11 Å². The Morgan fingerprint density at radius 1 is 1.25 bits per heavy atom. The molecule has 0 amide bonds. The molecule has 1 aliphatic carbocycles. The van der Waals surface area contributed by atoms with Crippen LogP contribution in [0, 0.1) is 5.92 Å². The smallest absolute Gasteiger partial charge is 0.0897 e. The lowest BCUT2D eigenvalue weighted by molar-refractivity contribution is -0.0451. The summed E-state index contributed by atoms with van der Waals surface area (Å²) in [5.41, 5.74) is 0. The number of nitrogens with one attached hydrogen (secondary N) is 1. The number of hydrogen-bond acceptors (Lipinski definition) is 5. The molecule has 3 atom stereocenters. The summed E-state index contributed by atoms with van der Waals surface area (Å²) in [7, 11) is 0. The molecule has 0 aromatic carbocycles. The van der Waals surface area contributed by atoms with E-state index < -0.39 is 6.10 Å². The van der Waals surface area contributed by atoms with Crippen LogP contribution in [-0.4, -0.2) is 61.9 Å². The van der Waals surface area contributed by atoms with Crippen LogP contribution in [-0.2, 0) is 9.47 Å². The maximum Gasteiger partial charge on any atom is 0.0897 e. The van der Waals surface area contributed by atoms with Crippen molar-refractivity contribution in [2.24, 2.45) is 5.92 Å². The Balaban J connectivity index is 1.93. The molecule has 1 fully saturated rings. The third-order valence-corrected chi connectivity index (χ3v) is 3.79. The van der Waals surface area contributed by atoms with Gasteiger partial charge in [0.25, 0.3) is 0 Å². The number of aliphatic hydroxyl groups is 2. The Hall–Kier alpha value is -0.200. The lowest BCUT2D eigenvalue weighted by Crippen LogP contribution is -2.35. The maximum absolute atomic E-state index is 9.86. The van der Waals surface area contributed by atoms with Crippen molar-refractivity contribution < 1.29 is 19.7 Å². The second-order valence-corrected chi connectivity index (χ2v) is 5.68. The van der Waals surface area contributed by atoms with Gasteiger partial charge in [0.15, 0.2) is 0 Å². The van der Waals surface area contributed by atoms with Gasteiger partial charge in [0.1, 0.15) is 0 Å². The van der Waals surface area contributed by atoms with E-state index in [1.165, 1.54) is 19.3 Å². The second kappa shape index (κ2) is 11.5. The molecule has 20 heavy (non-hydrogen) atoms. The van der Waals surface area contributed by atoms with Crippen LogP contribution in [0.5, 0.6) is 0 Å². The van der Waals surface area contributed by atoms with Crippen LogP contribution in [0.3, 0.4) is 0 Å². The van der Waals surface area contributed by atoms with E-state index in [1.807, 2.05) is 0 Å². The lowest BCUT2D eigenvalue weighted by atomic mass is 9.88. The van der Waals surface area contributed by atoms with Crippen LogP contribution >= 0.6 is 0 Å². The number of aliphatic hydroxyl groups excluding tert-OH is 2. The van der Waals surface area contributed by atoms with Gasteiger partial charge >= 0.3 is 0 Å². The minimum atomic E-state index is -0.442. The van der Waals surface area contributed by atoms with Gasteiger partial charge in [-0.2, -0.15) is 0 Å². The first kappa shape index (κ1) is 17.9. The molecule has 0 bridgehead atoms. The zero-order chi connectivity index (χ0) is 14.6. The highest BCUT2D eigenvalue weighted by Crippen LogP contribution is 2.26. The third kappa shape index (κ3) is 8.17. The highest BCUT2D eigenvalue weighted by Gasteiger charge is 2.22. The summed E-state index contributed by atoms with van der Waals surface area (Å²) < 4.78 is 11.0. The molecule has 0 spiro atoms. The molecule has 0 radical (unpaired) electrons. The van der Waals surface area contributed by atoms with Crippen molar-refractivity contribution in [3.8, 4) is 0 Å². The fraction of sp³-hybridized carbons (Fsp3) is 1.00. The number of hydrogen-bond donors (Lipinski definition) is 3. The summed E-state index contributed by atoms with van der Waals surface area (Å²) in [6.07, 6.45) is 5.69.